The normalized spacial score (nSPS) is 10.2. The standard InChI is InChI=1S/C8H4BF2N2/c10-8-3-1-7(2-4-8)9(11,5-12)6-13/h1-4H/q-1. The van der Waals surface area contributed by atoms with Gasteiger partial charge in [-0.2, -0.15) is 0 Å². The molecule has 0 spiro atoms. The van der Waals surface area contributed by atoms with Crippen molar-refractivity contribution in [1.29, 1.82) is 10.5 Å². The van der Waals surface area contributed by atoms with Crippen LogP contribution < -0.4 is 5.46 Å². The minimum absolute atomic E-state index is 0.0913. The maximum Gasteiger partial charge on any atom is 0.370 e. The highest BCUT2D eigenvalue weighted by atomic mass is 19.1. The Morgan fingerprint density at radius 2 is 1.54 bits per heavy atom. The maximum absolute atomic E-state index is 13.3. The minimum Gasteiger partial charge on any atom is -0.476 e. The summed E-state index contributed by atoms with van der Waals surface area (Å²) in [6, 6.07) is 4.23. The fourth-order valence-electron chi connectivity index (χ4n) is 0.906. The summed E-state index contributed by atoms with van der Waals surface area (Å²) in [5.41, 5.74) is -0.0913. The van der Waals surface area contributed by atoms with Crippen LogP contribution in [-0.4, -0.2) is 6.42 Å². The number of hydrogen-bond acceptors (Lipinski definition) is 2. The molecule has 0 aliphatic rings. The number of rotatable bonds is 1. The fraction of sp³-hybridized carbons (Fsp3) is 0. The minimum atomic E-state index is -3.35. The quantitative estimate of drug-likeness (QED) is 0.602. The molecule has 0 aliphatic carbocycles. The average Bonchev–Trinajstić information content (AvgIpc) is 2.18. The largest absolute Gasteiger partial charge is 0.476 e. The molecule has 1 rings (SSSR count). The van der Waals surface area contributed by atoms with E-state index in [0.717, 1.165) is 24.3 Å². The summed E-state index contributed by atoms with van der Waals surface area (Å²) < 4.78 is 25.7. The van der Waals surface area contributed by atoms with E-state index in [4.69, 9.17) is 10.5 Å². The van der Waals surface area contributed by atoms with Gasteiger partial charge in [-0.25, -0.2) is 14.9 Å². The number of hydrogen-bond donors (Lipinski definition) is 0. The molecule has 0 atom stereocenters. The summed E-state index contributed by atoms with van der Waals surface area (Å²) in [6.45, 7) is 0. The second kappa shape index (κ2) is 3.24. The van der Waals surface area contributed by atoms with Gasteiger partial charge < -0.3 is 4.32 Å². The van der Waals surface area contributed by atoms with Crippen LogP contribution in [0.5, 0.6) is 0 Å². The molecule has 0 aliphatic heterocycles. The molecule has 0 unspecified atom stereocenters. The van der Waals surface area contributed by atoms with E-state index >= 15 is 0 Å². The van der Waals surface area contributed by atoms with Gasteiger partial charge in [-0.3, -0.25) is 0 Å². The molecule has 5 heteroatoms. The Bertz CT molecular complexity index is 374. The molecule has 0 radical (unpaired) electrons. The monoisotopic (exact) mass is 177 g/mol. The highest BCUT2D eigenvalue weighted by Crippen LogP contribution is 2.04. The Hall–Kier alpha value is -1.88. The smallest absolute Gasteiger partial charge is 0.370 e. The zero-order valence-electron chi connectivity index (χ0n) is 6.54. The molecule has 0 saturated heterocycles. The predicted molar refractivity (Wildman–Crippen MR) is 44.1 cm³/mol. The van der Waals surface area contributed by atoms with Gasteiger partial charge in [0.15, 0.2) is 0 Å². The van der Waals surface area contributed by atoms with Crippen LogP contribution in [0.3, 0.4) is 0 Å². The zero-order chi connectivity index (χ0) is 9.90. The van der Waals surface area contributed by atoms with Gasteiger partial charge in [0.1, 0.15) is 5.82 Å². The Labute approximate surface area is 74.0 Å². The Kier molecular flexibility index (Phi) is 2.30. The van der Waals surface area contributed by atoms with Gasteiger partial charge in [0.25, 0.3) is 0 Å². The molecule has 2 nitrogen and oxygen atoms in total. The van der Waals surface area contributed by atoms with Gasteiger partial charge in [-0.05, 0) is 12.1 Å². The molecule has 1 aromatic rings. The van der Waals surface area contributed by atoms with Crippen LogP contribution >= 0.6 is 0 Å². The van der Waals surface area contributed by atoms with Crippen molar-refractivity contribution in [2.24, 2.45) is 0 Å². The van der Waals surface area contributed by atoms with Gasteiger partial charge in [0, 0.05) is 0 Å². The van der Waals surface area contributed by atoms with Crippen LogP contribution in [-0.2, 0) is 0 Å². The molecule has 13 heavy (non-hydrogen) atoms. The molecule has 1 aromatic carbocycles. The van der Waals surface area contributed by atoms with Crippen molar-refractivity contribution in [1.82, 2.24) is 0 Å². The number of halogens is 2. The van der Waals surface area contributed by atoms with Gasteiger partial charge in [0.05, 0.1) is 0 Å². The van der Waals surface area contributed by atoms with Crippen molar-refractivity contribution in [3.63, 3.8) is 0 Å². The van der Waals surface area contributed by atoms with E-state index in [0.29, 0.717) is 0 Å². The molecule has 0 saturated carbocycles. The highest BCUT2D eigenvalue weighted by Gasteiger charge is 2.25. The molecular formula is C8H4BF2N2-. The molecule has 0 aromatic heterocycles. The van der Waals surface area contributed by atoms with E-state index in [1.165, 1.54) is 11.9 Å². The average molecular weight is 177 g/mol. The van der Waals surface area contributed by atoms with Gasteiger partial charge in [-0.15, -0.1) is 5.46 Å². The Morgan fingerprint density at radius 3 is 1.92 bits per heavy atom. The number of nitrogens with zero attached hydrogens (tertiary/aromatic N) is 2. The lowest BCUT2D eigenvalue weighted by Crippen LogP contribution is -2.41. The van der Waals surface area contributed by atoms with Crippen molar-refractivity contribution < 1.29 is 8.71 Å². The van der Waals surface area contributed by atoms with Crippen LogP contribution in [0.1, 0.15) is 0 Å². The van der Waals surface area contributed by atoms with Crippen LogP contribution in [0.4, 0.5) is 8.71 Å². The lowest BCUT2D eigenvalue weighted by molar-refractivity contribution is 0.628. The first-order valence-corrected chi connectivity index (χ1v) is 3.54. The number of nitriles is 2. The summed E-state index contributed by atoms with van der Waals surface area (Å²) in [5.74, 6) is 2.02. The summed E-state index contributed by atoms with van der Waals surface area (Å²) in [6.07, 6.45) is -3.35. The second-order valence-corrected chi connectivity index (χ2v) is 2.57. The van der Waals surface area contributed by atoms with E-state index in [1.807, 2.05) is 0 Å². The molecule has 0 N–H and O–H groups in total. The zero-order valence-corrected chi connectivity index (χ0v) is 6.54. The maximum atomic E-state index is 13.3. The van der Waals surface area contributed by atoms with Crippen molar-refractivity contribution in [3.8, 4) is 11.9 Å². The van der Waals surface area contributed by atoms with E-state index in [9.17, 15) is 8.71 Å². The molecule has 0 bridgehead atoms. The van der Waals surface area contributed by atoms with Crippen LogP contribution in [0.2, 0.25) is 0 Å². The highest BCUT2D eigenvalue weighted by molar-refractivity contribution is 6.98. The van der Waals surface area contributed by atoms with Crippen molar-refractivity contribution in [2.75, 3.05) is 0 Å². The SMILES string of the molecule is N#C[B-](F)(C#N)c1ccc(F)cc1. The summed E-state index contributed by atoms with van der Waals surface area (Å²) >= 11 is 0. The van der Waals surface area contributed by atoms with E-state index in [-0.39, 0.29) is 5.46 Å². The number of benzene rings is 1. The van der Waals surface area contributed by atoms with Crippen molar-refractivity contribution >= 4 is 11.9 Å². The van der Waals surface area contributed by atoms with Crippen LogP contribution in [0, 0.1) is 28.3 Å². The third-order valence-electron chi connectivity index (χ3n) is 1.69. The van der Waals surface area contributed by atoms with Crippen molar-refractivity contribution in [3.05, 3.63) is 30.1 Å². The fourth-order valence-corrected chi connectivity index (χ4v) is 0.906. The third kappa shape index (κ3) is 1.65. The molecule has 0 fully saturated rings. The van der Waals surface area contributed by atoms with Crippen LogP contribution in [0.25, 0.3) is 0 Å². The van der Waals surface area contributed by atoms with Gasteiger partial charge in [0.2, 0.25) is 0 Å². The lowest BCUT2D eigenvalue weighted by atomic mass is 9.42. The first-order chi connectivity index (χ1) is 6.12. The topological polar surface area (TPSA) is 47.6 Å². The first-order valence-electron chi connectivity index (χ1n) is 3.54. The van der Waals surface area contributed by atoms with E-state index in [1.54, 1.807) is 0 Å². The van der Waals surface area contributed by atoms with E-state index in [2.05, 4.69) is 0 Å². The molecule has 64 valence electrons. The predicted octanol–water partition coefficient (Wildman–Crippen LogP) is 1.07. The van der Waals surface area contributed by atoms with Crippen molar-refractivity contribution in [2.45, 2.75) is 0 Å². The van der Waals surface area contributed by atoms with Gasteiger partial charge in [-0.1, -0.05) is 24.1 Å². The van der Waals surface area contributed by atoms with Gasteiger partial charge >= 0.3 is 6.42 Å². The molecular weight excluding hydrogens is 173 g/mol. The molecule has 0 amide bonds. The molecule has 0 heterocycles. The van der Waals surface area contributed by atoms with E-state index < -0.39 is 12.2 Å². The third-order valence-corrected chi connectivity index (χ3v) is 1.69. The summed E-state index contributed by atoms with van der Waals surface area (Å²) in [5, 5.41) is 16.8. The first kappa shape index (κ1) is 9.21. The Balaban J connectivity index is 3.18. The lowest BCUT2D eigenvalue weighted by Gasteiger charge is -2.15. The Morgan fingerprint density at radius 1 is 1.08 bits per heavy atom. The summed E-state index contributed by atoms with van der Waals surface area (Å²) in [4.78, 5) is 0. The second-order valence-electron chi connectivity index (χ2n) is 2.57. The van der Waals surface area contributed by atoms with Crippen LogP contribution in [0.15, 0.2) is 24.3 Å². The summed E-state index contributed by atoms with van der Waals surface area (Å²) in [7, 11) is 0.